The van der Waals surface area contributed by atoms with Gasteiger partial charge in [-0.25, -0.2) is 4.68 Å². The van der Waals surface area contributed by atoms with Crippen molar-refractivity contribution in [3.8, 4) is 11.5 Å². The molecule has 2 aromatic carbocycles. The summed E-state index contributed by atoms with van der Waals surface area (Å²) in [5.41, 5.74) is 2.42. The summed E-state index contributed by atoms with van der Waals surface area (Å²) in [6, 6.07) is 11.8. The highest BCUT2D eigenvalue weighted by molar-refractivity contribution is 6.32. The van der Waals surface area contributed by atoms with Gasteiger partial charge in [0.1, 0.15) is 11.5 Å². The van der Waals surface area contributed by atoms with Gasteiger partial charge in [0, 0.05) is 11.2 Å². The molecule has 3 aromatic rings. The van der Waals surface area contributed by atoms with Crippen molar-refractivity contribution < 1.29 is 14.6 Å². The molecule has 0 saturated heterocycles. The van der Waals surface area contributed by atoms with Crippen LogP contribution in [0.25, 0.3) is 0 Å². The zero-order valence-corrected chi connectivity index (χ0v) is 15.1. The second-order valence-corrected chi connectivity index (χ2v) is 6.23. The van der Waals surface area contributed by atoms with Crippen LogP contribution in [-0.4, -0.2) is 20.8 Å². The Morgan fingerprint density at radius 1 is 1.23 bits per heavy atom. The lowest BCUT2D eigenvalue weighted by atomic mass is 10.1. The molecule has 7 heteroatoms. The van der Waals surface area contributed by atoms with E-state index >= 15 is 0 Å². The average molecular weight is 372 g/mol. The third-order valence-electron chi connectivity index (χ3n) is 3.80. The van der Waals surface area contributed by atoms with Crippen LogP contribution in [0.3, 0.4) is 0 Å². The summed E-state index contributed by atoms with van der Waals surface area (Å²) in [5.74, 6) is 0.264. The van der Waals surface area contributed by atoms with Crippen LogP contribution in [0.2, 0.25) is 5.02 Å². The Bertz CT molecular complexity index is 930. The zero-order chi connectivity index (χ0) is 18.7. The van der Waals surface area contributed by atoms with Gasteiger partial charge < -0.3 is 15.2 Å². The lowest BCUT2D eigenvalue weighted by Gasteiger charge is -2.10. The summed E-state index contributed by atoms with van der Waals surface area (Å²) < 4.78 is 7.22. The first-order valence-corrected chi connectivity index (χ1v) is 8.34. The number of para-hydroxylation sites is 2. The number of aryl methyl sites for hydroxylation is 2. The van der Waals surface area contributed by atoms with Crippen molar-refractivity contribution in [2.24, 2.45) is 0 Å². The SMILES string of the molecule is Cc1cc(OCn2ccc(C(=O)Nc3ccccc3O)n2)cc(C)c1Cl. The standard InChI is InChI=1S/C19H18ClN3O3/c1-12-9-14(10-13(2)18(12)20)26-11-23-8-7-16(22-23)19(25)21-15-5-3-4-6-17(15)24/h3-10,24H,11H2,1-2H3,(H,21,25). The molecule has 0 fully saturated rings. The predicted octanol–water partition coefficient (Wildman–Crippen LogP) is 4.15. The minimum absolute atomic E-state index is 0.00269. The number of hydrogen-bond acceptors (Lipinski definition) is 4. The molecule has 0 saturated carbocycles. The van der Waals surface area contributed by atoms with E-state index < -0.39 is 5.91 Å². The number of hydrogen-bond donors (Lipinski definition) is 2. The molecule has 1 aromatic heterocycles. The summed E-state index contributed by atoms with van der Waals surface area (Å²) in [6.45, 7) is 3.99. The van der Waals surface area contributed by atoms with Crippen molar-refractivity contribution in [2.75, 3.05) is 5.32 Å². The number of benzene rings is 2. The lowest BCUT2D eigenvalue weighted by Crippen LogP contribution is -2.14. The number of aromatic hydroxyl groups is 1. The van der Waals surface area contributed by atoms with Gasteiger partial charge in [-0.05, 0) is 55.3 Å². The van der Waals surface area contributed by atoms with Gasteiger partial charge in [-0.3, -0.25) is 4.79 Å². The van der Waals surface area contributed by atoms with E-state index in [1.54, 1.807) is 30.5 Å². The fourth-order valence-electron chi connectivity index (χ4n) is 2.45. The molecule has 0 spiro atoms. The fourth-order valence-corrected chi connectivity index (χ4v) is 2.56. The van der Waals surface area contributed by atoms with Gasteiger partial charge in [-0.15, -0.1) is 0 Å². The number of carbonyl (C=O) groups excluding carboxylic acids is 1. The Kier molecular flexibility index (Phi) is 5.14. The first-order chi connectivity index (χ1) is 12.4. The number of amides is 1. The second kappa shape index (κ2) is 7.49. The predicted molar refractivity (Wildman–Crippen MR) is 99.8 cm³/mol. The van der Waals surface area contributed by atoms with Crippen LogP contribution in [-0.2, 0) is 6.73 Å². The first kappa shape index (κ1) is 17.8. The van der Waals surface area contributed by atoms with Gasteiger partial charge in [0.05, 0.1) is 5.69 Å². The summed E-state index contributed by atoms with van der Waals surface area (Å²) in [6.07, 6.45) is 1.65. The van der Waals surface area contributed by atoms with Gasteiger partial charge >= 0.3 is 0 Å². The largest absolute Gasteiger partial charge is 0.506 e. The molecule has 0 unspecified atom stereocenters. The highest BCUT2D eigenvalue weighted by Crippen LogP contribution is 2.26. The summed E-state index contributed by atoms with van der Waals surface area (Å²) in [5, 5.41) is 17.2. The molecule has 3 rings (SSSR count). The normalized spacial score (nSPS) is 10.6. The summed E-state index contributed by atoms with van der Waals surface area (Å²) in [7, 11) is 0. The van der Waals surface area contributed by atoms with E-state index in [4.69, 9.17) is 16.3 Å². The van der Waals surface area contributed by atoms with Crippen LogP contribution in [0.4, 0.5) is 5.69 Å². The van der Waals surface area contributed by atoms with Crippen LogP contribution < -0.4 is 10.1 Å². The van der Waals surface area contributed by atoms with Gasteiger partial charge in [0.15, 0.2) is 12.4 Å². The van der Waals surface area contributed by atoms with Crippen LogP contribution in [0, 0.1) is 13.8 Å². The number of aromatic nitrogens is 2. The second-order valence-electron chi connectivity index (χ2n) is 5.86. The van der Waals surface area contributed by atoms with E-state index in [-0.39, 0.29) is 18.2 Å². The van der Waals surface area contributed by atoms with E-state index in [0.29, 0.717) is 11.4 Å². The van der Waals surface area contributed by atoms with E-state index in [1.807, 2.05) is 26.0 Å². The van der Waals surface area contributed by atoms with Crippen LogP contribution in [0.1, 0.15) is 21.6 Å². The lowest BCUT2D eigenvalue weighted by molar-refractivity contribution is 0.102. The van der Waals surface area contributed by atoms with Crippen LogP contribution >= 0.6 is 11.6 Å². The highest BCUT2D eigenvalue weighted by atomic mass is 35.5. The van der Waals surface area contributed by atoms with Crippen molar-refractivity contribution in [3.63, 3.8) is 0 Å². The molecule has 0 radical (unpaired) electrons. The number of anilines is 1. The van der Waals surface area contributed by atoms with Crippen molar-refractivity contribution in [1.82, 2.24) is 9.78 Å². The summed E-state index contributed by atoms with van der Waals surface area (Å²) >= 11 is 6.15. The molecule has 134 valence electrons. The summed E-state index contributed by atoms with van der Waals surface area (Å²) in [4.78, 5) is 12.2. The third kappa shape index (κ3) is 3.97. The molecule has 0 aliphatic rings. The number of halogens is 1. The quantitative estimate of drug-likeness (QED) is 0.660. The van der Waals surface area contributed by atoms with Gasteiger partial charge in [-0.2, -0.15) is 5.10 Å². The number of rotatable bonds is 5. The van der Waals surface area contributed by atoms with E-state index in [2.05, 4.69) is 10.4 Å². The number of phenolic OH excluding ortho intramolecular Hbond substituents is 1. The molecular formula is C19H18ClN3O3. The number of carbonyl (C=O) groups is 1. The smallest absolute Gasteiger partial charge is 0.276 e. The highest BCUT2D eigenvalue weighted by Gasteiger charge is 2.12. The maximum absolute atomic E-state index is 12.2. The minimum atomic E-state index is -0.413. The van der Waals surface area contributed by atoms with Crippen LogP contribution in [0.5, 0.6) is 11.5 Å². The van der Waals surface area contributed by atoms with E-state index in [9.17, 15) is 9.90 Å². The van der Waals surface area contributed by atoms with Crippen LogP contribution in [0.15, 0.2) is 48.7 Å². The molecule has 1 heterocycles. The van der Waals surface area contributed by atoms with Gasteiger partial charge in [0.25, 0.3) is 5.91 Å². The maximum Gasteiger partial charge on any atom is 0.276 e. The molecule has 6 nitrogen and oxygen atoms in total. The van der Waals surface area contributed by atoms with Crippen molar-refractivity contribution in [2.45, 2.75) is 20.6 Å². The van der Waals surface area contributed by atoms with Crippen molar-refractivity contribution in [3.05, 3.63) is 70.5 Å². The number of phenols is 1. The molecule has 2 N–H and O–H groups in total. The number of nitrogens with one attached hydrogen (secondary N) is 1. The number of ether oxygens (including phenoxy) is 1. The molecule has 0 atom stereocenters. The van der Waals surface area contributed by atoms with Crippen molar-refractivity contribution >= 4 is 23.2 Å². The molecular weight excluding hydrogens is 354 g/mol. The monoisotopic (exact) mass is 371 g/mol. The van der Waals surface area contributed by atoms with Gasteiger partial charge in [-0.1, -0.05) is 23.7 Å². The Balaban J connectivity index is 1.64. The zero-order valence-electron chi connectivity index (χ0n) is 14.4. The molecule has 0 aliphatic heterocycles. The molecule has 26 heavy (non-hydrogen) atoms. The van der Waals surface area contributed by atoms with Gasteiger partial charge in [0.2, 0.25) is 0 Å². The Labute approximate surface area is 156 Å². The molecule has 1 amide bonds. The molecule has 0 bridgehead atoms. The molecule has 0 aliphatic carbocycles. The first-order valence-electron chi connectivity index (χ1n) is 7.96. The fraction of sp³-hybridized carbons (Fsp3) is 0.158. The number of nitrogens with zero attached hydrogens (tertiary/aromatic N) is 2. The Morgan fingerprint density at radius 2 is 1.92 bits per heavy atom. The van der Waals surface area contributed by atoms with Crippen molar-refractivity contribution in [1.29, 1.82) is 0 Å². The average Bonchev–Trinajstić information content (AvgIpc) is 3.09. The topological polar surface area (TPSA) is 76.4 Å². The Morgan fingerprint density at radius 3 is 2.62 bits per heavy atom. The van der Waals surface area contributed by atoms with E-state index in [0.717, 1.165) is 16.1 Å². The minimum Gasteiger partial charge on any atom is -0.506 e. The third-order valence-corrected chi connectivity index (χ3v) is 4.40. The van der Waals surface area contributed by atoms with E-state index in [1.165, 1.54) is 10.7 Å². The Hall–Kier alpha value is -2.99. The maximum atomic E-state index is 12.2.